The van der Waals surface area contributed by atoms with Crippen LogP contribution in [0.15, 0.2) is 30.5 Å². The molecule has 0 N–H and O–H groups in total. The molecule has 2 amide bonds. The second-order valence-corrected chi connectivity index (χ2v) is 6.99. The predicted octanol–water partition coefficient (Wildman–Crippen LogP) is 2.06. The van der Waals surface area contributed by atoms with Crippen LogP contribution in [-0.2, 0) is 23.1 Å². The summed E-state index contributed by atoms with van der Waals surface area (Å²) < 4.78 is 15.2. The Kier molecular flexibility index (Phi) is 4.01. The minimum atomic E-state index is -0.347. The van der Waals surface area contributed by atoms with Crippen LogP contribution in [-0.4, -0.2) is 40.1 Å². The van der Waals surface area contributed by atoms with Crippen LogP contribution in [0, 0.1) is 11.7 Å². The summed E-state index contributed by atoms with van der Waals surface area (Å²) in [4.78, 5) is 29.0. The lowest BCUT2D eigenvalue weighted by molar-refractivity contribution is -0.141. The second kappa shape index (κ2) is 6.23. The van der Waals surface area contributed by atoms with Crippen LogP contribution >= 0.6 is 0 Å². The van der Waals surface area contributed by atoms with Gasteiger partial charge in [0.1, 0.15) is 5.82 Å². The summed E-state index contributed by atoms with van der Waals surface area (Å²) in [7, 11) is 3.56. The molecule has 0 radical (unpaired) electrons. The van der Waals surface area contributed by atoms with E-state index in [0.29, 0.717) is 25.8 Å². The number of aromatic nitrogens is 2. The number of anilines is 1. The highest BCUT2D eigenvalue weighted by atomic mass is 19.1. The minimum Gasteiger partial charge on any atom is -0.336 e. The predicted molar refractivity (Wildman–Crippen MR) is 93.9 cm³/mol. The van der Waals surface area contributed by atoms with Crippen molar-refractivity contribution < 1.29 is 14.0 Å². The van der Waals surface area contributed by atoms with Gasteiger partial charge in [-0.1, -0.05) is 0 Å². The molecule has 136 valence electrons. The number of aryl methyl sites for hydroxylation is 1. The van der Waals surface area contributed by atoms with Crippen molar-refractivity contribution >= 4 is 17.5 Å². The maximum atomic E-state index is 13.5. The number of carbonyl (C=O) groups excluding carboxylic acids is 2. The smallest absolute Gasteiger partial charge is 0.232 e. The number of likely N-dealkylation sites (tertiary alicyclic amines) is 1. The van der Waals surface area contributed by atoms with Gasteiger partial charge in [-0.05, 0) is 42.7 Å². The molecule has 2 aliphatic rings. The van der Waals surface area contributed by atoms with Crippen LogP contribution in [0.2, 0.25) is 0 Å². The highest BCUT2D eigenvalue weighted by Gasteiger charge is 2.43. The first-order chi connectivity index (χ1) is 12.5. The van der Waals surface area contributed by atoms with E-state index in [0.717, 1.165) is 16.9 Å². The first-order valence-electron chi connectivity index (χ1n) is 8.80. The van der Waals surface area contributed by atoms with E-state index in [-0.39, 0.29) is 29.6 Å². The molecule has 26 heavy (non-hydrogen) atoms. The van der Waals surface area contributed by atoms with Crippen molar-refractivity contribution in [1.82, 2.24) is 14.7 Å². The molecular weight excluding hydrogens is 335 g/mol. The van der Waals surface area contributed by atoms with Gasteiger partial charge < -0.3 is 9.80 Å². The molecular formula is C19H21FN4O2. The van der Waals surface area contributed by atoms with E-state index < -0.39 is 0 Å². The number of benzene rings is 1. The summed E-state index contributed by atoms with van der Waals surface area (Å²) >= 11 is 0. The number of fused-ring (bicyclic) bond motifs is 1. The van der Waals surface area contributed by atoms with Crippen LogP contribution in [0.4, 0.5) is 10.1 Å². The number of carbonyl (C=O) groups is 2. The topological polar surface area (TPSA) is 58.4 Å². The fraction of sp³-hybridized carbons (Fsp3) is 0.421. The molecule has 0 saturated carbocycles. The summed E-state index contributed by atoms with van der Waals surface area (Å²) in [5.41, 5.74) is 2.48. The Bertz CT molecular complexity index is 878. The number of piperidine rings is 1. The van der Waals surface area contributed by atoms with Crippen LogP contribution in [0.1, 0.15) is 30.1 Å². The lowest BCUT2D eigenvalue weighted by atomic mass is 9.85. The number of hydrogen-bond acceptors (Lipinski definition) is 3. The molecule has 2 aliphatic heterocycles. The quantitative estimate of drug-likeness (QED) is 0.828. The average molecular weight is 356 g/mol. The maximum Gasteiger partial charge on any atom is 0.232 e. The van der Waals surface area contributed by atoms with Gasteiger partial charge >= 0.3 is 0 Å². The van der Waals surface area contributed by atoms with E-state index in [2.05, 4.69) is 5.10 Å². The molecule has 7 heteroatoms. The minimum absolute atomic E-state index is 0.0130. The second-order valence-electron chi connectivity index (χ2n) is 6.99. The van der Waals surface area contributed by atoms with E-state index in [4.69, 9.17) is 0 Å². The molecule has 4 rings (SSSR count). The van der Waals surface area contributed by atoms with Gasteiger partial charge in [-0.2, -0.15) is 5.10 Å². The summed E-state index contributed by atoms with van der Waals surface area (Å²) in [6.45, 7) is 0.546. The Morgan fingerprint density at radius 2 is 2.04 bits per heavy atom. The average Bonchev–Trinajstić information content (AvgIpc) is 3.22. The summed E-state index contributed by atoms with van der Waals surface area (Å²) in [5.74, 6) is -0.608. The van der Waals surface area contributed by atoms with Gasteiger partial charge in [0, 0.05) is 38.9 Å². The molecule has 0 aliphatic carbocycles. The Hall–Kier alpha value is -2.70. The zero-order valence-electron chi connectivity index (χ0n) is 14.9. The first-order valence-corrected chi connectivity index (χ1v) is 8.80. The highest BCUT2D eigenvalue weighted by Crippen LogP contribution is 2.39. The van der Waals surface area contributed by atoms with Crippen LogP contribution in [0.3, 0.4) is 0 Å². The largest absolute Gasteiger partial charge is 0.336 e. The van der Waals surface area contributed by atoms with Crippen molar-refractivity contribution in [3.63, 3.8) is 0 Å². The molecule has 6 nitrogen and oxygen atoms in total. The van der Waals surface area contributed by atoms with Gasteiger partial charge in [0.25, 0.3) is 0 Å². The monoisotopic (exact) mass is 356 g/mol. The van der Waals surface area contributed by atoms with Gasteiger partial charge in [-0.15, -0.1) is 0 Å². The zero-order chi connectivity index (χ0) is 18.4. The molecule has 1 saturated heterocycles. The standard InChI is InChI=1S/C19H21FN4O2/c1-22-17(25)6-4-14(18(22)16-7-9-21-23(16)2)19(26)24-10-8-12-11-13(20)3-5-15(12)24/h3,5,7,9,11,14,18H,4,6,8,10H2,1-2H3/t14-,18-/m0/s1. The normalized spacial score (nSPS) is 22.7. The number of hydrogen-bond donors (Lipinski definition) is 0. The molecule has 2 atom stereocenters. The number of rotatable bonds is 2. The SMILES string of the molecule is CN1C(=O)CC[C@H](C(=O)N2CCc3cc(F)ccc32)[C@H]1c1ccnn1C. The third-order valence-corrected chi connectivity index (χ3v) is 5.54. The van der Waals surface area contributed by atoms with Crippen LogP contribution in [0.5, 0.6) is 0 Å². The fourth-order valence-corrected chi connectivity index (χ4v) is 4.17. The summed E-state index contributed by atoms with van der Waals surface area (Å²) in [5, 5.41) is 4.20. The van der Waals surface area contributed by atoms with E-state index in [1.165, 1.54) is 12.1 Å². The molecule has 2 aromatic rings. The molecule has 1 fully saturated rings. The van der Waals surface area contributed by atoms with Crippen LogP contribution < -0.4 is 4.90 Å². The Morgan fingerprint density at radius 3 is 2.77 bits per heavy atom. The Morgan fingerprint density at radius 1 is 1.23 bits per heavy atom. The van der Waals surface area contributed by atoms with Gasteiger partial charge in [-0.3, -0.25) is 14.3 Å². The third-order valence-electron chi connectivity index (χ3n) is 5.54. The summed E-state index contributed by atoms with van der Waals surface area (Å²) in [6.07, 6.45) is 3.19. The van der Waals surface area contributed by atoms with E-state index in [1.54, 1.807) is 33.8 Å². The van der Waals surface area contributed by atoms with Crippen molar-refractivity contribution in [2.24, 2.45) is 13.0 Å². The van der Waals surface area contributed by atoms with Crippen molar-refractivity contribution in [1.29, 1.82) is 0 Å². The summed E-state index contributed by atoms with van der Waals surface area (Å²) in [6, 6.07) is 6.07. The first kappa shape index (κ1) is 16.8. The van der Waals surface area contributed by atoms with Gasteiger partial charge in [0.05, 0.1) is 17.7 Å². The number of amides is 2. The van der Waals surface area contributed by atoms with E-state index >= 15 is 0 Å². The molecule has 0 unspecified atom stereocenters. The maximum absolute atomic E-state index is 13.5. The van der Waals surface area contributed by atoms with E-state index in [9.17, 15) is 14.0 Å². The molecule has 0 spiro atoms. The van der Waals surface area contributed by atoms with Crippen LogP contribution in [0.25, 0.3) is 0 Å². The highest BCUT2D eigenvalue weighted by molar-refractivity contribution is 5.98. The van der Waals surface area contributed by atoms with Gasteiger partial charge in [0.2, 0.25) is 11.8 Å². The van der Waals surface area contributed by atoms with E-state index in [1.807, 2.05) is 13.1 Å². The fourth-order valence-electron chi connectivity index (χ4n) is 4.17. The Balaban J connectivity index is 1.69. The van der Waals surface area contributed by atoms with Crippen molar-refractivity contribution in [2.75, 3.05) is 18.5 Å². The van der Waals surface area contributed by atoms with Crippen molar-refractivity contribution in [2.45, 2.75) is 25.3 Å². The Labute approximate surface area is 151 Å². The molecule has 1 aromatic heterocycles. The molecule has 0 bridgehead atoms. The number of halogens is 1. The third kappa shape index (κ3) is 2.58. The van der Waals surface area contributed by atoms with Crippen molar-refractivity contribution in [3.05, 3.63) is 47.5 Å². The molecule has 3 heterocycles. The zero-order valence-corrected chi connectivity index (χ0v) is 14.9. The van der Waals surface area contributed by atoms with Gasteiger partial charge in [0.15, 0.2) is 0 Å². The molecule has 1 aromatic carbocycles. The number of nitrogens with zero attached hydrogens (tertiary/aromatic N) is 4. The lowest BCUT2D eigenvalue weighted by Crippen LogP contribution is -2.48. The van der Waals surface area contributed by atoms with Gasteiger partial charge in [-0.25, -0.2) is 4.39 Å². The van der Waals surface area contributed by atoms with Crippen molar-refractivity contribution in [3.8, 4) is 0 Å². The lowest BCUT2D eigenvalue weighted by Gasteiger charge is -2.39.